The number of piperidine rings is 1. The van der Waals surface area contributed by atoms with E-state index in [0.717, 1.165) is 48.6 Å². The monoisotopic (exact) mass is 443 g/mol. The minimum absolute atomic E-state index is 0.300. The summed E-state index contributed by atoms with van der Waals surface area (Å²) in [4.78, 5) is 9.96. The Morgan fingerprint density at radius 2 is 1.91 bits per heavy atom. The Labute approximate surface area is 189 Å². The molecule has 5 rings (SSSR count). The number of nitrogens with zero attached hydrogens (tertiary/aromatic N) is 7. The lowest BCUT2D eigenvalue weighted by Gasteiger charge is -2.35. The van der Waals surface area contributed by atoms with Crippen LogP contribution in [0.2, 0.25) is 0 Å². The minimum atomic E-state index is -0.544. The Morgan fingerprint density at radius 3 is 2.52 bits per heavy atom. The molecule has 3 aromatic heterocycles. The maximum atomic E-state index is 13.5. The SMILES string of the molecule is [C-]#[N+]c1c(-c2cn[nH]c2N)ccc(-c2ccc(F)nc2)c1N1CCC(c2nncn2C)CC1. The van der Waals surface area contributed by atoms with Crippen LogP contribution in [-0.4, -0.2) is 43.0 Å². The van der Waals surface area contributed by atoms with Gasteiger partial charge in [-0.15, -0.1) is 10.2 Å². The first-order chi connectivity index (χ1) is 16.1. The second-order valence-corrected chi connectivity index (χ2v) is 8.10. The highest BCUT2D eigenvalue weighted by Gasteiger charge is 2.28. The number of halogens is 1. The molecule has 0 bridgehead atoms. The van der Waals surface area contributed by atoms with Gasteiger partial charge in [-0.05, 0) is 36.1 Å². The fourth-order valence-electron chi connectivity index (χ4n) is 4.53. The number of aromatic nitrogens is 6. The number of nitrogens with two attached hydrogens (primary N) is 1. The second-order valence-electron chi connectivity index (χ2n) is 8.10. The number of hydrogen-bond acceptors (Lipinski definition) is 6. The Kier molecular flexibility index (Phi) is 5.22. The van der Waals surface area contributed by atoms with Crippen LogP contribution in [0.1, 0.15) is 24.6 Å². The van der Waals surface area contributed by atoms with E-state index in [4.69, 9.17) is 12.3 Å². The van der Waals surface area contributed by atoms with Crippen molar-refractivity contribution >= 4 is 17.2 Å². The number of aryl methyl sites for hydroxylation is 1. The van der Waals surface area contributed by atoms with Gasteiger partial charge in [0.2, 0.25) is 11.6 Å². The fourth-order valence-corrected chi connectivity index (χ4v) is 4.53. The lowest BCUT2D eigenvalue weighted by Crippen LogP contribution is -2.34. The molecule has 0 radical (unpaired) electrons. The van der Waals surface area contributed by atoms with Gasteiger partial charge in [0, 0.05) is 43.4 Å². The summed E-state index contributed by atoms with van der Waals surface area (Å²) < 4.78 is 15.5. The van der Waals surface area contributed by atoms with E-state index in [1.165, 1.54) is 12.3 Å². The number of hydrogen-bond donors (Lipinski definition) is 2. The third kappa shape index (κ3) is 3.67. The van der Waals surface area contributed by atoms with Crippen LogP contribution < -0.4 is 10.6 Å². The summed E-state index contributed by atoms with van der Waals surface area (Å²) in [5, 5.41) is 15.1. The molecule has 9 nitrogen and oxygen atoms in total. The highest BCUT2D eigenvalue weighted by molar-refractivity contribution is 5.98. The zero-order chi connectivity index (χ0) is 22.9. The summed E-state index contributed by atoms with van der Waals surface area (Å²) in [5.74, 6) is 1.14. The number of nitrogen functional groups attached to an aromatic ring is 1. The topological polar surface area (TPSA) is 106 Å². The van der Waals surface area contributed by atoms with Gasteiger partial charge in [0.1, 0.15) is 18.0 Å². The van der Waals surface area contributed by atoms with Crippen molar-refractivity contribution in [3.63, 3.8) is 0 Å². The molecule has 3 N–H and O–H groups in total. The summed E-state index contributed by atoms with van der Waals surface area (Å²) in [6.45, 7) is 9.51. The van der Waals surface area contributed by atoms with E-state index in [-0.39, 0.29) is 0 Å². The number of H-pyrrole nitrogens is 1. The second kappa shape index (κ2) is 8.35. The van der Waals surface area contributed by atoms with Crippen molar-refractivity contribution in [1.82, 2.24) is 29.9 Å². The van der Waals surface area contributed by atoms with Gasteiger partial charge < -0.3 is 15.2 Å². The maximum Gasteiger partial charge on any atom is 0.218 e. The smallest absolute Gasteiger partial charge is 0.218 e. The van der Waals surface area contributed by atoms with E-state index in [1.54, 1.807) is 18.6 Å². The molecule has 1 fully saturated rings. The van der Waals surface area contributed by atoms with Crippen molar-refractivity contribution in [1.29, 1.82) is 0 Å². The fraction of sp³-hybridized carbons (Fsp3) is 0.261. The Balaban J connectivity index is 1.59. The molecule has 4 heterocycles. The number of anilines is 2. The first-order valence-electron chi connectivity index (χ1n) is 10.6. The molecule has 1 aliphatic heterocycles. The van der Waals surface area contributed by atoms with E-state index >= 15 is 0 Å². The van der Waals surface area contributed by atoms with Crippen LogP contribution in [0.25, 0.3) is 27.1 Å². The largest absolute Gasteiger partial charge is 0.384 e. The third-order valence-electron chi connectivity index (χ3n) is 6.18. The maximum absolute atomic E-state index is 13.5. The number of benzene rings is 1. The van der Waals surface area contributed by atoms with Crippen LogP contribution in [0.15, 0.2) is 43.0 Å². The average Bonchev–Trinajstić information content (AvgIpc) is 3.46. The predicted octanol–water partition coefficient (Wildman–Crippen LogP) is 3.92. The quantitative estimate of drug-likeness (QED) is 0.366. The molecule has 166 valence electrons. The van der Waals surface area contributed by atoms with Gasteiger partial charge >= 0.3 is 0 Å². The number of pyridine rings is 1. The Bertz CT molecular complexity index is 1320. The molecule has 0 saturated carbocycles. The number of nitrogens with one attached hydrogen (secondary N) is 1. The Morgan fingerprint density at radius 1 is 1.12 bits per heavy atom. The molecular formula is C23H22FN9. The lowest BCUT2D eigenvalue weighted by atomic mass is 9.92. The van der Waals surface area contributed by atoms with Crippen molar-refractivity contribution in [2.24, 2.45) is 7.05 Å². The van der Waals surface area contributed by atoms with Crippen LogP contribution in [0.5, 0.6) is 0 Å². The normalized spacial score (nSPS) is 14.4. The molecule has 0 amide bonds. The molecule has 0 aliphatic carbocycles. The highest BCUT2D eigenvalue weighted by Crippen LogP contribution is 2.47. The first kappa shape index (κ1) is 20.6. The van der Waals surface area contributed by atoms with Crippen molar-refractivity contribution in [3.8, 4) is 22.3 Å². The van der Waals surface area contributed by atoms with Crippen molar-refractivity contribution in [3.05, 3.63) is 66.2 Å². The first-order valence-corrected chi connectivity index (χ1v) is 10.6. The number of rotatable bonds is 4. The van der Waals surface area contributed by atoms with Gasteiger partial charge in [-0.3, -0.25) is 5.10 Å². The van der Waals surface area contributed by atoms with E-state index < -0.39 is 5.95 Å². The molecular weight excluding hydrogens is 421 g/mol. The van der Waals surface area contributed by atoms with Gasteiger partial charge in [0.25, 0.3) is 0 Å². The van der Waals surface area contributed by atoms with Crippen molar-refractivity contribution in [2.45, 2.75) is 18.8 Å². The van der Waals surface area contributed by atoms with Gasteiger partial charge in [-0.2, -0.15) is 9.49 Å². The molecule has 0 unspecified atom stereocenters. The molecule has 4 aromatic rings. The summed E-state index contributed by atoms with van der Waals surface area (Å²) in [6, 6.07) is 6.82. The summed E-state index contributed by atoms with van der Waals surface area (Å²) >= 11 is 0. The highest BCUT2D eigenvalue weighted by atomic mass is 19.1. The molecule has 10 heteroatoms. The predicted molar refractivity (Wildman–Crippen MR) is 123 cm³/mol. The van der Waals surface area contributed by atoms with Gasteiger partial charge in [0.05, 0.1) is 18.5 Å². The van der Waals surface area contributed by atoms with Crippen LogP contribution in [0.3, 0.4) is 0 Å². The Hall–Kier alpha value is -4.26. The van der Waals surface area contributed by atoms with Crippen LogP contribution >= 0.6 is 0 Å². The van der Waals surface area contributed by atoms with Crippen LogP contribution in [-0.2, 0) is 7.05 Å². The standard InChI is InChI=1S/C23H22FN9/c1-26-20-17(18-12-28-30-22(18)25)5-4-16(15-3-6-19(24)27-11-15)21(20)33-9-7-14(8-10-33)23-31-29-13-32(23)2/h3-6,11-14H,7-10H2,2H3,(H3,25,28,30). The molecule has 0 atom stereocenters. The zero-order valence-corrected chi connectivity index (χ0v) is 18.0. The summed E-state index contributed by atoms with van der Waals surface area (Å²) in [5.41, 5.74) is 10.3. The van der Waals surface area contributed by atoms with Gasteiger partial charge in [-0.25, -0.2) is 9.83 Å². The number of aromatic amines is 1. The van der Waals surface area contributed by atoms with Gasteiger partial charge in [0.15, 0.2) is 0 Å². The van der Waals surface area contributed by atoms with Crippen molar-refractivity contribution < 1.29 is 4.39 Å². The molecule has 1 saturated heterocycles. The third-order valence-corrected chi connectivity index (χ3v) is 6.18. The van der Waals surface area contributed by atoms with Crippen LogP contribution in [0.4, 0.5) is 21.6 Å². The van der Waals surface area contributed by atoms with E-state index in [1.807, 2.05) is 23.7 Å². The molecule has 0 spiro atoms. The summed E-state index contributed by atoms with van der Waals surface area (Å²) in [7, 11) is 1.96. The van der Waals surface area contributed by atoms with E-state index in [9.17, 15) is 4.39 Å². The summed E-state index contributed by atoms with van der Waals surface area (Å²) in [6.07, 6.45) is 6.60. The van der Waals surface area contributed by atoms with E-state index in [0.29, 0.717) is 28.6 Å². The van der Waals surface area contributed by atoms with E-state index in [2.05, 4.69) is 35.1 Å². The zero-order valence-electron chi connectivity index (χ0n) is 18.0. The molecule has 1 aromatic carbocycles. The van der Waals surface area contributed by atoms with Gasteiger partial charge in [-0.1, -0.05) is 12.1 Å². The molecule has 1 aliphatic rings. The molecule has 33 heavy (non-hydrogen) atoms. The van der Waals surface area contributed by atoms with Crippen LogP contribution in [0, 0.1) is 12.5 Å². The van der Waals surface area contributed by atoms with Crippen molar-refractivity contribution in [2.75, 3.05) is 23.7 Å². The minimum Gasteiger partial charge on any atom is -0.384 e. The average molecular weight is 443 g/mol. The lowest BCUT2D eigenvalue weighted by molar-refractivity contribution is 0.474.